The number of carbonyl (C=O) groups excluding carboxylic acids is 3. The Hall–Kier alpha value is -3.85. The van der Waals surface area contributed by atoms with Gasteiger partial charge in [0.2, 0.25) is 0 Å². The van der Waals surface area contributed by atoms with Crippen molar-refractivity contribution in [3.63, 3.8) is 0 Å². The van der Waals surface area contributed by atoms with Crippen molar-refractivity contribution in [3.8, 4) is 0 Å². The number of ether oxygens (including phenoxy) is 1. The van der Waals surface area contributed by atoms with Gasteiger partial charge in [-0.3, -0.25) is 20.4 Å². The molecule has 0 aliphatic carbocycles. The minimum Gasteiger partial charge on any atom is -0.445 e. The molecule has 0 radical (unpaired) electrons. The lowest BCUT2D eigenvalue weighted by Gasteiger charge is -2.20. The second-order valence-electron chi connectivity index (χ2n) is 8.33. The van der Waals surface area contributed by atoms with E-state index in [4.69, 9.17) is 4.74 Å². The van der Waals surface area contributed by atoms with Gasteiger partial charge in [0.1, 0.15) is 12.6 Å². The molecule has 1 atom stereocenters. The van der Waals surface area contributed by atoms with Crippen molar-refractivity contribution in [1.29, 1.82) is 0 Å². The summed E-state index contributed by atoms with van der Waals surface area (Å²) in [4.78, 5) is 37.9. The van der Waals surface area contributed by atoms with Crippen LogP contribution < -0.4 is 21.5 Å². The Bertz CT molecular complexity index is 1100. The largest absolute Gasteiger partial charge is 0.445 e. The van der Waals surface area contributed by atoms with Crippen LogP contribution in [0, 0.1) is 5.92 Å². The van der Waals surface area contributed by atoms with Crippen molar-refractivity contribution in [1.82, 2.24) is 16.2 Å². The first kappa shape index (κ1) is 25.8. The molecule has 0 saturated carbocycles. The molecule has 3 aromatic rings. The van der Waals surface area contributed by atoms with Crippen LogP contribution in [0.1, 0.15) is 41.1 Å². The van der Waals surface area contributed by atoms with Crippen LogP contribution >= 0.6 is 11.3 Å². The molecule has 0 spiro atoms. The predicted octanol–water partition coefficient (Wildman–Crippen LogP) is 4.46. The summed E-state index contributed by atoms with van der Waals surface area (Å²) in [5, 5.41) is 6.70. The van der Waals surface area contributed by atoms with Crippen LogP contribution in [0.4, 0.5) is 9.80 Å². The molecule has 3 amide bonds. The summed E-state index contributed by atoms with van der Waals surface area (Å²) in [7, 11) is 0. The number of hydrogen-bond donors (Lipinski definition) is 4. The predicted molar refractivity (Wildman–Crippen MR) is 137 cm³/mol. The molecular formula is C26H30N4O4S. The van der Waals surface area contributed by atoms with Gasteiger partial charge in [-0.05, 0) is 35.6 Å². The van der Waals surface area contributed by atoms with E-state index < -0.39 is 23.9 Å². The molecule has 1 aromatic heterocycles. The van der Waals surface area contributed by atoms with E-state index in [0.29, 0.717) is 17.8 Å². The number of thiophene rings is 1. The molecule has 0 saturated heterocycles. The van der Waals surface area contributed by atoms with Crippen molar-refractivity contribution in [3.05, 3.63) is 88.8 Å². The van der Waals surface area contributed by atoms with Crippen LogP contribution in [0.25, 0.3) is 0 Å². The third kappa shape index (κ3) is 8.78. The van der Waals surface area contributed by atoms with Gasteiger partial charge in [0.05, 0.1) is 9.88 Å². The molecule has 0 bridgehead atoms. The molecule has 8 nitrogen and oxygen atoms in total. The number of benzene rings is 2. The summed E-state index contributed by atoms with van der Waals surface area (Å²) in [5.41, 5.74) is 6.80. The third-order valence-electron chi connectivity index (χ3n) is 4.97. The Balaban J connectivity index is 1.47. The Kier molecular flexibility index (Phi) is 9.68. The first-order chi connectivity index (χ1) is 16.9. The highest BCUT2D eigenvalue weighted by Crippen LogP contribution is 2.22. The Morgan fingerprint density at radius 1 is 0.857 bits per heavy atom. The Morgan fingerprint density at radius 3 is 2.17 bits per heavy atom. The van der Waals surface area contributed by atoms with Gasteiger partial charge >= 0.3 is 6.09 Å². The molecule has 3 rings (SSSR count). The van der Waals surface area contributed by atoms with Crippen molar-refractivity contribution in [2.75, 3.05) is 5.32 Å². The van der Waals surface area contributed by atoms with Crippen LogP contribution in [0.5, 0.6) is 0 Å². The fraction of sp³-hybridized carbons (Fsp3) is 0.269. The quantitative estimate of drug-likeness (QED) is 0.311. The van der Waals surface area contributed by atoms with E-state index in [9.17, 15) is 14.4 Å². The number of carbonyl (C=O) groups is 3. The van der Waals surface area contributed by atoms with Crippen molar-refractivity contribution in [2.24, 2.45) is 5.92 Å². The second kappa shape index (κ2) is 13.1. The number of anilines is 1. The van der Waals surface area contributed by atoms with Gasteiger partial charge < -0.3 is 15.4 Å². The van der Waals surface area contributed by atoms with Crippen LogP contribution in [-0.4, -0.2) is 23.9 Å². The smallest absolute Gasteiger partial charge is 0.408 e. The minimum atomic E-state index is -0.856. The minimum absolute atomic E-state index is 0.0957. The van der Waals surface area contributed by atoms with Crippen LogP contribution in [-0.2, 0) is 22.7 Å². The highest BCUT2D eigenvalue weighted by Gasteiger charge is 2.23. The zero-order chi connectivity index (χ0) is 25.0. The molecule has 35 heavy (non-hydrogen) atoms. The maximum absolute atomic E-state index is 12.7. The number of alkyl carbamates (subject to hydrolysis) is 1. The molecule has 0 unspecified atom stereocenters. The monoisotopic (exact) mass is 494 g/mol. The molecule has 4 N–H and O–H groups in total. The summed E-state index contributed by atoms with van der Waals surface area (Å²) in [6.07, 6.45) is -0.317. The summed E-state index contributed by atoms with van der Waals surface area (Å²) in [5.74, 6) is -0.833. The van der Waals surface area contributed by atoms with E-state index in [1.54, 1.807) is 6.07 Å². The zero-order valence-corrected chi connectivity index (χ0v) is 20.6. The van der Waals surface area contributed by atoms with E-state index >= 15 is 0 Å². The van der Waals surface area contributed by atoms with Gasteiger partial charge in [0.25, 0.3) is 11.8 Å². The topological polar surface area (TPSA) is 109 Å². The normalized spacial score (nSPS) is 11.4. The number of hydrogen-bond acceptors (Lipinski definition) is 6. The SMILES string of the molecule is CC(C)C[C@H](NC(=O)OCc1ccccc1)C(=O)NNC(=O)c1ccc(NCc2ccccc2)s1. The summed E-state index contributed by atoms with van der Waals surface area (Å²) < 4.78 is 5.22. The number of hydrazine groups is 1. The lowest BCUT2D eigenvalue weighted by Crippen LogP contribution is -2.52. The van der Waals surface area contributed by atoms with E-state index in [1.807, 2.05) is 80.6 Å². The third-order valence-corrected chi connectivity index (χ3v) is 6.01. The molecule has 2 aromatic carbocycles. The average Bonchev–Trinajstić information content (AvgIpc) is 3.34. The first-order valence-corrected chi connectivity index (χ1v) is 12.2. The fourth-order valence-electron chi connectivity index (χ4n) is 3.22. The Labute approximate surface area is 209 Å². The Morgan fingerprint density at radius 2 is 1.51 bits per heavy atom. The summed E-state index contributed by atoms with van der Waals surface area (Å²) >= 11 is 1.28. The maximum atomic E-state index is 12.7. The fourth-order valence-corrected chi connectivity index (χ4v) is 4.01. The average molecular weight is 495 g/mol. The van der Waals surface area contributed by atoms with Crippen molar-refractivity contribution < 1.29 is 19.1 Å². The van der Waals surface area contributed by atoms with Crippen molar-refractivity contribution >= 4 is 34.2 Å². The molecule has 0 aliphatic rings. The molecule has 9 heteroatoms. The first-order valence-electron chi connectivity index (χ1n) is 11.4. The summed E-state index contributed by atoms with van der Waals surface area (Å²) in [6, 6.07) is 21.8. The lowest BCUT2D eigenvalue weighted by atomic mass is 10.0. The van der Waals surface area contributed by atoms with E-state index in [-0.39, 0.29) is 12.5 Å². The van der Waals surface area contributed by atoms with Gasteiger partial charge in [-0.2, -0.15) is 0 Å². The van der Waals surface area contributed by atoms with E-state index in [2.05, 4.69) is 21.5 Å². The van der Waals surface area contributed by atoms with Crippen LogP contribution in [0.2, 0.25) is 0 Å². The number of rotatable bonds is 10. The zero-order valence-electron chi connectivity index (χ0n) is 19.7. The number of amides is 3. The highest BCUT2D eigenvalue weighted by molar-refractivity contribution is 7.17. The van der Waals surface area contributed by atoms with E-state index in [0.717, 1.165) is 16.1 Å². The number of nitrogens with one attached hydrogen (secondary N) is 4. The van der Waals surface area contributed by atoms with Gasteiger partial charge in [0.15, 0.2) is 0 Å². The van der Waals surface area contributed by atoms with Crippen molar-refractivity contribution in [2.45, 2.75) is 39.5 Å². The highest BCUT2D eigenvalue weighted by atomic mass is 32.1. The maximum Gasteiger partial charge on any atom is 0.408 e. The lowest BCUT2D eigenvalue weighted by molar-refractivity contribution is -0.124. The van der Waals surface area contributed by atoms with Gasteiger partial charge in [0, 0.05) is 6.54 Å². The molecule has 0 fully saturated rings. The molecule has 1 heterocycles. The van der Waals surface area contributed by atoms with Crippen LogP contribution in [0.3, 0.4) is 0 Å². The van der Waals surface area contributed by atoms with Gasteiger partial charge in [-0.15, -0.1) is 11.3 Å². The second-order valence-corrected chi connectivity index (χ2v) is 9.42. The molecule has 184 valence electrons. The van der Waals surface area contributed by atoms with E-state index in [1.165, 1.54) is 11.3 Å². The van der Waals surface area contributed by atoms with Gasteiger partial charge in [-0.1, -0.05) is 74.5 Å². The molecular weight excluding hydrogens is 464 g/mol. The molecule has 0 aliphatic heterocycles. The summed E-state index contributed by atoms with van der Waals surface area (Å²) in [6.45, 7) is 4.61. The van der Waals surface area contributed by atoms with Crippen LogP contribution in [0.15, 0.2) is 72.8 Å². The standard InChI is InChI=1S/C26H30N4O4S/c1-18(2)15-21(28-26(33)34-17-20-11-7-4-8-12-20)24(31)29-30-25(32)22-13-14-23(35-22)27-16-19-9-5-3-6-10-19/h3-14,18,21,27H,15-17H2,1-2H3,(H,28,33)(H,29,31)(H,30,32)/t21-/m0/s1. The van der Waals surface area contributed by atoms with Gasteiger partial charge in [-0.25, -0.2) is 4.79 Å².